The number of nitrogens with zero attached hydrogens (tertiary/aromatic N) is 2. The van der Waals surface area contributed by atoms with Crippen molar-refractivity contribution in [2.75, 3.05) is 18.5 Å². The summed E-state index contributed by atoms with van der Waals surface area (Å²) in [6.07, 6.45) is 1.29. The molecule has 0 amide bonds. The molecule has 0 saturated carbocycles. The second-order valence-corrected chi connectivity index (χ2v) is 5.54. The average molecular weight is 222 g/mol. The summed E-state index contributed by atoms with van der Waals surface area (Å²) in [7, 11) is 2.04. The zero-order chi connectivity index (χ0) is 12.3. The molecular formula is C13H22N2O. The molecule has 0 unspecified atom stereocenters. The summed E-state index contributed by atoms with van der Waals surface area (Å²) in [6, 6.07) is 3.87. The molecule has 1 rings (SSSR count). The Balaban J connectivity index is 2.74. The molecule has 1 atom stereocenters. The first kappa shape index (κ1) is 13.0. The van der Waals surface area contributed by atoms with Gasteiger partial charge in [-0.2, -0.15) is 0 Å². The summed E-state index contributed by atoms with van der Waals surface area (Å²) in [6.45, 7) is 9.30. The molecule has 0 bridgehead atoms. The van der Waals surface area contributed by atoms with Crippen molar-refractivity contribution in [2.24, 2.45) is 5.41 Å². The Labute approximate surface area is 98.1 Å². The van der Waals surface area contributed by atoms with E-state index in [9.17, 15) is 5.11 Å². The molecule has 0 radical (unpaired) electrons. The van der Waals surface area contributed by atoms with E-state index >= 15 is 0 Å². The van der Waals surface area contributed by atoms with Crippen molar-refractivity contribution in [3.8, 4) is 0 Å². The summed E-state index contributed by atoms with van der Waals surface area (Å²) >= 11 is 0. The number of pyridine rings is 1. The van der Waals surface area contributed by atoms with Gasteiger partial charge in [0.25, 0.3) is 0 Å². The third kappa shape index (κ3) is 3.81. The van der Waals surface area contributed by atoms with Gasteiger partial charge in [0.1, 0.15) is 5.82 Å². The van der Waals surface area contributed by atoms with Crippen LogP contribution in [0.3, 0.4) is 0 Å². The van der Waals surface area contributed by atoms with Crippen molar-refractivity contribution in [1.29, 1.82) is 0 Å². The number of hydrogen-bond acceptors (Lipinski definition) is 3. The molecule has 0 spiro atoms. The van der Waals surface area contributed by atoms with Crippen molar-refractivity contribution >= 4 is 5.82 Å². The SMILES string of the molecule is C[C@H](O)c1ccc(N(C)CC(C)(C)C)nc1. The number of rotatable bonds is 3. The Morgan fingerprint density at radius 1 is 1.38 bits per heavy atom. The second-order valence-electron chi connectivity index (χ2n) is 5.54. The third-order valence-corrected chi connectivity index (χ3v) is 2.36. The van der Waals surface area contributed by atoms with Gasteiger partial charge in [0.15, 0.2) is 0 Å². The number of aliphatic hydroxyl groups excluding tert-OH is 1. The van der Waals surface area contributed by atoms with Crippen LogP contribution in [0.25, 0.3) is 0 Å². The van der Waals surface area contributed by atoms with Crippen LogP contribution in [-0.4, -0.2) is 23.7 Å². The smallest absolute Gasteiger partial charge is 0.128 e. The highest BCUT2D eigenvalue weighted by atomic mass is 16.3. The Bertz CT molecular complexity index is 325. The maximum atomic E-state index is 9.39. The predicted molar refractivity (Wildman–Crippen MR) is 67.6 cm³/mol. The lowest BCUT2D eigenvalue weighted by Gasteiger charge is -2.27. The fourth-order valence-corrected chi connectivity index (χ4v) is 1.66. The Hall–Kier alpha value is -1.09. The average Bonchev–Trinajstić information content (AvgIpc) is 2.15. The third-order valence-electron chi connectivity index (χ3n) is 2.36. The molecule has 16 heavy (non-hydrogen) atoms. The molecule has 1 N–H and O–H groups in total. The highest BCUT2D eigenvalue weighted by Gasteiger charge is 2.14. The molecule has 0 aliphatic carbocycles. The lowest BCUT2D eigenvalue weighted by Crippen LogP contribution is -2.29. The summed E-state index contributed by atoms with van der Waals surface area (Å²) in [5.74, 6) is 0.944. The molecule has 3 nitrogen and oxygen atoms in total. The first-order valence-electron chi connectivity index (χ1n) is 5.65. The molecule has 1 aromatic heterocycles. The van der Waals surface area contributed by atoms with Gasteiger partial charge in [0.2, 0.25) is 0 Å². The summed E-state index contributed by atoms with van der Waals surface area (Å²) in [5.41, 5.74) is 1.10. The second kappa shape index (κ2) is 4.83. The molecule has 0 aliphatic heterocycles. The Morgan fingerprint density at radius 3 is 2.38 bits per heavy atom. The highest BCUT2D eigenvalue weighted by molar-refractivity contribution is 5.38. The first-order chi connectivity index (χ1) is 7.29. The van der Waals surface area contributed by atoms with Crippen molar-refractivity contribution < 1.29 is 5.11 Å². The van der Waals surface area contributed by atoms with Crippen LogP contribution in [0, 0.1) is 5.41 Å². The van der Waals surface area contributed by atoms with E-state index in [1.54, 1.807) is 13.1 Å². The number of aromatic nitrogens is 1. The molecule has 3 heteroatoms. The van der Waals surface area contributed by atoms with E-state index in [4.69, 9.17) is 0 Å². The lowest BCUT2D eigenvalue weighted by molar-refractivity contribution is 0.199. The van der Waals surface area contributed by atoms with Gasteiger partial charge >= 0.3 is 0 Å². The van der Waals surface area contributed by atoms with Crippen LogP contribution >= 0.6 is 0 Å². The van der Waals surface area contributed by atoms with E-state index in [0.29, 0.717) is 0 Å². The fraction of sp³-hybridized carbons (Fsp3) is 0.615. The minimum Gasteiger partial charge on any atom is -0.389 e. The molecular weight excluding hydrogens is 200 g/mol. The zero-order valence-electron chi connectivity index (χ0n) is 10.9. The maximum Gasteiger partial charge on any atom is 0.128 e. The van der Waals surface area contributed by atoms with Gasteiger partial charge in [0.05, 0.1) is 6.10 Å². The van der Waals surface area contributed by atoms with Crippen LogP contribution in [0.4, 0.5) is 5.82 Å². The molecule has 0 aliphatic rings. The van der Waals surface area contributed by atoms with Gasteiger partial charge in [-0.1, -0.05) is 26.8 Å². The van der Waals surface area contributed by atoms with Crippen LogP contribution in [0.2, 0.25) is 0 Å². The van der Waals surface area contributed by atoms with Crippen LogP contribution in [0.5, 0.6) is 0 Å². The normalized spacial score (nSPS) is 13.6. The maximum absolute atomic E-state index is 9.39. The predicted octanol–water partition coefficient (Wildman–Crippen LogP) is 2.62. The topological polar surface area (TPSA) is 36.4 Å². The Kier molecular flexibility index (Phi) is 3.92. The van der Waals surface area contributed by atoms with Crippen LogP contribution in [0.1, 0.15) is 39.4 Å². The fourth-order valence-electron chi connectivity index (χ4n) is 1.66. The van der Waals surface area contributed by atoms with Gasteiger partial charge in [0, 0.05) is 19.8 Å². The van der Waals surface area contributed by atoms with E-state index in [0.717, 1.165) is 17.9 Å². The number of hydrogen-bond donors (Lipinski definition) is 1. The van der Waals surface area contributed by atoms with Gasteiger partial charge < -0.3 is 10.0 Å². The quantitative estimate of drug-likeness (QED) is 0.854. The van der Waals surface area contributed by atoms with Gasteiger partial charge in [-0.3, -0.25) is 0 Å². The van der Waals surface area contributed by atoms with Gasteiger partial charge in [-0.25, -0.2) is 4.98 Å². The minimum absolute atomic E-state index is 0.249. The monoisotopic (exact) mass is 222 g/mol. The summed E-state index contributed by atoms with van der Waals surface area (Å²) in [4.78, 5) is 6.48. The number of aliphatic hydroxyl groups is 1. The van der Waals surface area contributed by atoms with E-state index < -0.39 is 6.10 Å². The summed E-state index contributed by atoms with van der Waals surface area (Å²) in [5, 5.41) is 9.39. The molecule has 1 aromatic rings. The highest BCUT2D eigenvalue weighted by Crippen LogP contribution is 2.19. The first-order valence-corrected chi connectivity index (χ1v) is 5.65. The van der Waals surface area contributed by atoms with Crippen molar-refractivity contribution in [2.45, 2.75) is 33.8 Å². The van der Waals surface area contributed by atoms with Crippen LogP contribution in [0.15, 0.2) is 18.3 Å². The zero-order valence-corrected chi connectivity index (χ0v) is 10.9. The van der Waals surface area contributed by atoms with E-state index in [1.807, 2.05) is 19.2 Å². The van der Waals surface area contributed by atoms with Gasteiger partial charge in [-0.05, 0) is 24.0 Å². The molecule has 1 heterocycles. The van der Waals surface area contributed by atoms with Crippen molar-refractivity contribution in [3.05, 3.63) is 23.9 Å². The van der Waals surface area contributed by atoms with Crippen LogP contribution in [-0.2, 0) is 0 Å². The number of anilines is 1. The van der Waals surface area contributed by atoms with Crippen molar-refractivity contribution in [3.63, 3.8) is 0 Å². The molecule has 0 aromatic carbocycles. The minimum atomic E-state index is -0.450. The largest absolute Gasteiger partial charge is 0.389 e. The molecule has 0 saturated heterocycles. The summed E-state index contributed by atoms with van der Waals surface area (Å²) < 4.78 is 0. The van der Waals surface area contributed by atoms with E-state index in [2.05, 4.69) is 30.7 Å². The lowest BCUT2D eigenvalue weighted by atomic mass is 9.96. The standard InChI is InChI=1S/C13H22N2O/c1-10(16)11-6-7-12(14-8-11)15(5)9-13(2,3)4/h6-8,10,16H,9H2,1-5H3/t10-/m0/s1. The van der Waals surface area contributed by atoms with Crippen molar-refractivity contribution in [1.82, 2.24) is 4.98 Å². The van der Waals surface area contributed by atoms with Crippen LogP contribution < -0.4 is 4.90 Å². The Morgan fingerprint density at radius 2 is 2.00 bits per heavy atom. The molecule has 0 fully saturated rings. The molecule has 90 valence electrons. The van der Waals surface area contributed by atoms with E-state index in [1.165, 1.54) is 0 Å². The van der Waals surface area contributed by atoms with Gasteiger partial charge in [-0.15, -0.1) is 0 Å². The van der Waals surface area contributed by atoms with E-state index in [-0.39, 0.29) is 5.41 Å².